The number of fused-ring (bicyclic) bond motifs is 6. The van der Waals surface area contributed by atoms with Crippen molar-refractivity contribution in [3.8, 4) is 28.1 Å². The number of ether oxygens (including phenoxy) is 3. The number of anilines is 1. The first-order valence-electron chi connectivity index (χ1n) is 16.5. The Kier molecular flexibility index (Phi) is 8.65. The Labute approximate surface area is 277 Å². The van der Waals surface area contributed by atoms with Gasteiger partial charge in [0.05, 0.1) is 29.1 Å². The molecule has 0 radical (unpaired) electrons. The number of carboxylic acid groups (broad SMARTS) is 1. The van der Waals surface area contributed by atoms with Gasteiger partial charge >= 0.3 is 5.97 Å². The fraction of sp³-hybridized carbons (Fsp3) is 0.447. The lowest BCUT2D eigenvalue weighted by Crippen LogP contribution is -2.45. The predicted molar refractivity (Wildman–Crippen MR) is 184 cm³/mol. The fourth-order valence-corrected chi connectivity index (χ4v) is 6.61. The van der Waals surface area contributed by atoms with Crippen molar-refractivity contribution in [2.45, 2.75) is 91.6 Å². The van der Waals surface area contributed by atoms with Crippen LogP contribution in [0.2, 0.25) is 0 Å². The number of aryl methyl sites for hydroxylation is 2. The molecule has 9 nitrogen and oxygen atoms in total. The molecule has 0 spiro atoms. The van der Waals surface area contributed by atoms with Crippen LogP contribution in [0.25, 0.3) is 28.0 Å². The number of hydrogen-bond acceptors (Lipinski definition) is 7. The van der Waals surface area contributed by atoms with Gasteiger partial charge in [-0.2, -0.15) is 9.61 Å². The third-order valence-electron chi connectivity index (χ3n) is 9.28. The minimum Gasteiger partial charge on any atom is -0.486 e. The van der Waals surface area contributed by atoms with E-state index in [1.165, 1.54) is 5.56 Å². The average Bonchev–Trinajstić information content (AvgIpc) is 3.43. The zero-order chi connectivity index (χ0) is 33.7. The van der Waals surface area contributed by atoms with E-state index in [2.05, 4.69) is 49.9 Å². The first kappa shape index (κ1) is 32.7. The highest BCUT2D eigenvalue weighted by molar-refractivity contribution is 5.81. The number of carbonyl (C=O) groups is 1. The Bertz CT molecular complexity index is 1850. The summed E-state index contributed by atoms with van der Waals surface area (Å²) in [5.74, 6) is 0.455. The van der Waals surface area contributed by atoms with Crippen LogP contribution in [0.15, 0.2) is 54.6 Å². The summed E-state index contributed by atoms with van der Waals surface area (Å²) in [6.07, 6.45) is 4.24. The van der Waals surface area contributed by atoms with Gasteiger partial charge in [0.2, 0.25) is 0 Å². The highest BCUT2D eigenvalue weighted by Gasteiger charge is 2.38. The fourth-order valence-electron chi connectivity index (χ4n) is 6.61. The molecule has 4 aromatic rings. The third kappa shape index (κ3) is 6.64. The quantitative estimate of drug-likeness (QED) is 0.229. The monoisotopic (exact) mass is 638 g/mol. The molecular weight excluding hydrogens is 592 g/mol. The zero-order valence-electron chi connectivity index (χ0n) is 28.8. The summed E-state index contributed by atoms with van der Waals surface area (Å²) in [5, 5.41) is 15.6. The maximum Gasteiger partial charge on any atom is 0.337 e. The zero-order valence-corrected chi connectivity index (χ0v) is 28.8. The summed E-state index contributed by atoms with van der Waals surface area (Å²) >= 11 is 0. The summed E-state index contributed by atoms with van der Waals surface area (Å²) < 4.78 is 21.0. The molecule has 0 saturated carbocycles. The maximum absolute atomic E-state index is 12.8. The van der Waals surface area contributed by atoms with E-state index in [9.17, 15) is 9.90 Å². The van der Waals surface area contributed by atoms with Crippen LogP contribution in [0.1, 0.15) is 75.9 Å². The van der Waals surface area contributed by atoms with Crippen LogP contribution in [-0.4, -0.2) is 62.7 Å². The number of hydrogen-bond donors (Lipinski definition) is 1. The normalized spacial score (nSPS) is 21.4. The summed E-state index contributed by atoms with van der Waals surface area (Å²) in [6.45, 7) is 17.7. The maximum atomic E-state index is 12.8. The second kappa shape index (κ2) is 12.4. The van der Waals surface area contributed by atoms with Crippen molar-refractivity contribution < 1.29 is 24.1 Å². The van der Waals surface area contributed by atoms with E-state index >= 15 is 0 Å². The van der Waals surface area contributed by atoms with Gasteiger partial charge in [-0.3, -0.25) is 0 Å². The van der Waals surface area contributed by atoms with Crippen molar-refractivity contribution in [3.63, 3.8) is 0 Å². The Morgan fingerprint density at radius 2 is 1.81 bits per heavy atom. The van der Waals surface area contributed by atoms with Crippen LogP contribution in [0.3, 0.4) is 0 Å². The summed E-state index contributed by atoms with van der Waals surface area (Å²) in [5.41, 5.74) is 6.82. The molecule has 47 heavy (non-hydrogen) atoms. The third-order valence-corrected chi connectivity index (χ3v) is 9.28. The lowest BCUT2D eigenvalue weighted by atomic mass is 9.92. The second-order valence-corrected chi connectivity index (χ2v) is 14.1. The molecule has 9 heteroatoms. The van der Waals surface area contributed by atoms with Crippen molar-refractivity contribution in [2.75, 3.05) is 24.6 Å². The summed E-state index contributed by atoms with van der Waals surface area (Å²) in [4.78, 5) is 19.9. The van der Waals surface area contributed by atoms with E-state index < -0.39 is 17.7 Å². The van der Waals surface area contributed by atoms with E-state index in [4.69, 9.17) is 24.3 Å². The number of carboxylic acids is 1. The number of aromatic nitrogens is 3. The van der Waals surface area contributed by atoms with E-state index in [1.807, 2.05) is 65.0 Å². The first-order chi connectivity index (χ1) is 22.2. The smallest absolute Gasteiger partial charge is 0.337 e. The van der Waals surface area contributed by atoms with E-state index in [0.717, 1.165) is 46.5 Å². The molecule has 0 amide bonds. The molecule has 2 atom stereocenters. The number of benzene rings is 2. The highest BCUT2D eigenvalue weighted by Crippen LogP contribution is 2.40. The van der Waals surface area contributed by atoms with Crippen molar-refractivity contribution in [3.05, 3.63) is 77.0 Å². The van der Waals surface area contributed by atoms with E-state index in [-0.39, 0.29) is 11.7 Å². The molecule has 6 bridgehead atoms. The number of nitrogens with zero attached hydrogens (tertiary/aromatic N) is 4. The van der Waals surface area contributed by atoms with Gasteiger partial charge in [0.15, 0.2) is 11.8 Å². The lowest BCUT2D eigenvalue weighted by molar-refractivity contribution is -0.160. The molecular formula is C38H46N4O5. The summed E-state index contributed by atoms with van der Waals surface area (Å²) in [7, 11) is 0. The second-order valence-electron chi connectivity index (χ2n) is 14.1. The van der Waals surface area contributed by atoms with Crippen LogP contribution in [-0.2, 0) is 14.3 Å². The first-order valence-corrected chi connectivity index (χ1v) is 16.5. The SMILES string of the molecule is Cc1ccc2c(c1C)-c1cccc(c1)-c1cc3nc(C)c([C@H](OC(C)(C)C)C(=O)O)c(n3n1)N1CCC(C)(CC1)OC/C=C\[C@H](C)O2. The molecule has 1 N–H and O–H groups in total. The van der Waals surface area contributed by atoms with Gasteiger partial charge in [0.25, 0.3) is 0 Å². The molecule has 0 unspecified atom stereocenters. The largest absolute Gasteiger partial charge is 0.486 e. The van der Waals surface area contributed by atoms with Gasteiger partial charge in [-0.05, 0) is 103 Å². The standard InChI is InChI=1S/C38H46N4O5/c1-23-14-15-30-32(25(23)3)28-13-9-12-27(21-28)29-22-31-39-26(4)33(34(36(43)44)47-37(5,6)7)35(42(31)40-29)41-18-16-38(8,17-19-41)45-20-10-11-24(2)46-30/h9-15,21-22,24,34H,16-20H2,1-8H3,(H,43,44)/b11-10-/t24-,34-/m0/s1. The minimum absolute atomic E-state index is 0.153. The van der Waals surface area contributed by atoms with Gasteiger partial charge in [0, 0.05) is 36.0 Å². The van der Waals surface area contributed by atoms with Crippen LogP contribution < -0.4 is 9.64 Å². The molecule has 3 aliphatic heterocycles. The highest BCUT2D eigenvalue weighted by atomic mass is 16.5. The number of rotatable bonds is 3. The van der Waals surface area contributed by atoms with E-state index in [1.54, 1.807) is 4.52 Å². The Balaban J connectivity index is 1.58. The molecule has 7 rings (SSSR count). The molecule has 2 aromatic carbocycles. The van der Waals surface area contributed by atoms with Crippen LogP contribution in [0.4, 0.5) is 5.82 Å². The van der Waals surface area contributed by atoms with Crippen LogP contribution in [0.5, 0.6) is 5.75 Å². The number of piperidine rings is 1. The molecule has 3 aliphatic rings. The van der Waals surface area contributed by atoms with Crippen LogP contribution in [0, 0.1) is 20.8 Å². The Hall–Kier alpha value is -4.21. The molecule has 1 fully saturated rings. The van der Waals surface area contributed by atoms with Gasteiger partial charge in [-0.25, -0.2) is 9.78 Å². The average molecular weight is 639 g/mol. The van der Waals surface area contributed by atoms with E-state index in [0.29, 0.717) is 42.4 Å². The molecule has 2 aromatic heterocycles. The lowest BCUT2D eigenvalue weighted by Gasteiger charge is -2.41. The van der Waals surface area contributed by atoms with Crippen LogP contribution >= 0.6 is 0 Å². The van der Waals surface area contributed by atoms with Gasteiger partial charge in [-0.1, -0.05) is 30.3 Å². The van der Waals surface area contributed by atoms with Crippen molar-refractivity contribution >= 4 is 17.4 Å². The molecule has 5 heterocycles. The predicted octanol–water partition coefficient (Wildman–Crippen LogP) is 7.64. The Morgan fingerprint density at radius 1 is 1.09 bits per heavy atom. The number of aliphatic carboxylic acids is 1. The minimum atomic E-state index is -1.22. The van der Waals surface area contributed by atoms with Gasteiger partial charge in [-0.15, -0.1) is 0 Å². The van der Waals surface area contributed by atoms with Gasteiger partial charge in [0.1, 0.15) is 17.7 Å². The van der Waals surface area contributed by atoms with Crippen molar-refractivity contribution in [2.24, 2.45) is 0 Å². The molecule has 1 saturated heterocycles. The Morgan fingerprint density at radius 3 is 2.51 bits per heavy atom. The topological polar surface area (TPSA) is 98.4 Å². The summed E-state index contributed by atoms with van der Waals surface area (Å²) in [6, 6.07) is 14.4. The molecule has 0 aliphatic carbocycles. The van der Waals surface area contributed by atoms with Gasteiger partial charge < -0.3 is 24.2 Å². The molecule has 248 valence electrons. The van der Waals surface area contributed by atoms with Crippen molar-refractivity contribution in [1.29, 1.82) is 0 Å². The van der Waals surface area contributed by atoms with Crippen molar-refractivity contribution in [1.82, 2.24) is 14.6 Å².